The monoisotopic (exact) mass is 380 g/mol. The molecule has 0 spiro atoms. The Morgan fingerprint density at radius 3 is 2.23 bits per heavy atom. The second-order valence-electron chi connectivity index (χ2n) is 7.57. The number of piperazine rings is 1. The van der Waals surface area contributed by atoms with E-state index in [0.29, 0.717) is 49.7 Å². The molecule has 1 amide bonds. The molecule has 1 aromatic rings. The summed E-state index contributed by atoms with van der Waals surface area (Å²) in [5, 5.41) is 0. The average Bonchev–Trinajstić information content (AvgIpc) is 2.63. The maximum absolute atomic E-state index is 12.8. The summed E-state index contributed by atoms with van der Waals surface area (Å²) < 4.78 is 26.9. The van der Waals surface area contributed by atoms with Gasteiger partial charge in [0.05, 0.1) is 31.1 Å². The van der Waals surface area contributed by atoms with Gasteiger partial charge in [0.25, 0.3) is 5.91 Å². The van der Waals surface area contributed by atoms with Crippen molar-refractivity contribution in [3.63, 3.8) is 0 Å². The van der Waals surface area contributed by atoms with E-state index in [1.807, 2.05) is 11.0 Å². The predicted octanol–water partition coefficient (Wildman–Crippen LogP) is 0.365. The van der Waals surface area contributed by atoms with Crippen molar-refractivity contribution < 1.29 is 18.1 Å². The third kappa shape index (κ3) is 4.10. The Morgan fingerprint density at radius 2 is 1.65 bits per heavy atom. The highest BCUT2D eigenvalue weighted by Gasteiger charge is 2.34. The number of likely N-dealkylation sites (tertiary alicyclic amines) is 1. The van der Waals surface area contributed by atoms with Gasteiger partial charge in [-0.1, -0.05) is 18.2 Å². The zero-order valence-electron chi connectivity index (χ0n) is 15.7. The van der Waals surface area contributed by atoms with Gasteiger partial charge in [0.1, 0.15) is 0 Å². The van der Waals surface area contributed by atoms with Gasteiger partial charge in [-0.15, -0.1) is 0 Å². The molecule has 144 valence electrons. The number of piperidine rings is 1. The number of carbonyl (C=O) groups is 1. The summed E-state index contributed by atoms with van der Waals surface area (Å²) in [7, 11) is -3.43. The number of nitrogens with zero attached hydrogens (tertiary/aromatic N) is 2. The van der Waals surface area contributed by atoms with Crippen molar-refractivity contribution in [2.45, 2.75) is 50.1 Å². The van der Waals surface area contributed by atoms with Crippen molar-refractivity contribution >= 4 is 15.9 Å². The first-order valence-corrected chi connectivity index (χ1v) is 11.0. The first-order valence-electron chi connectivity index (χ1n) is 9.59. The zero-order valence-corrected chi connectivity index (χ0v) is 16.5. The van der Waals surface area contributed by atoms with Gasteiger partial charge in [-0.3, -0.25) is 4.79 Å². The number of hydrogen-bond donors (Lipinski definition) is 1. The van der Waals surface area contributed by atoms with E-state index in [0.717, 1.165) is 12.8 Å². The quantitative estimate of drug-likeness (QED) is 0.821. The number of quaternary nitrogens is 1. The van der Waals surface area contributed by atoms with E-state index >= 15 is 0 Å². The molecule has 0 bridgehead atoms. The van der Waals surface area contributed by atoms with Crippen LogP contribution in [-0.4, -0.2) is 68.3 Å². The van der Waals surface area contributed by atoms with Crippen molar-refractivity contribution in [3.05, 3.63) is 30.3 Å². The Morgan fingerprint density at radius 1 is 1.08 bits per heavy atom. The normalized spacial score (nSPS) is 26.0. The molecule has 3 rings (SSSR count). The molecule has 2 saturated heterocycles. The van der Waals surface area contributed by atoms with Crippen molar-refractivity contribution in [2.24, 2.45) is 0 Å². The molecule has 0 saturated carbocycles. The van der Waals surface area contributed by atoms with Gasteiger partial charge >= 0.3 is 0 Å². The molecule has 2 fully saturated rings. The van der Waals surface area contributed by atoms with Crippen LogP contribution < -0.4 is 4.90 Å². The highest BCUT2D eigenvalue weighted by molar-refractivity contribution is 7.89. The van der Waals surface area contributed by atoms with E-state index in [9.17, 15) is 13.2 Å². The molecule has 0 aliphatic carbocycles. The maximum Gasteiger partial charge on any atom is 0.278 e. The van der Waals surface area contributed by atoms with Crippen LogP contribution in [0.25, 0.3) is 0 Å². The van der Waals surface area contributed by atoms with Gasteiger partial charge in [0.15, 0.2) is 6.54 Å². The highest BCUT2D eigenvalue weighted by Crippen LogP contribution is 2.22. The van der Waals surface area contributed by atoms with Crippen LogP contribution >= 0.6 is 0 Å². The van der Waals surface area contributed by atoms with Gasteiger partial charge in [0, 0.05) is 12.1 Å². The SMILES string of the molecule is C[C@@H]1CCC[C@H](C)N1C(=O)C[NH+]1CCN(S(=O)(=O)c2ccccc2)CC1. The molecule has 26 heavy (non-hydrogen) atoms. The van der Waals surface area contributed by atoms with E-state index < -0.39 is 10.0 Å². The van der Waals surface area contributed by atoms with E-state index in [1.165, 1.54) is 11.3 Å². The Kier molecular flexibility index (Phi) is 5.99. The first kappa shape index (κ1) is 19.3. The molecule has 1 N–H and O–H groups in total. The Bertz CT molecular complexity index is 705. The Labute approximate surface area is 156 Å². The van der Waals surface area contributed by atoms with Crippen LogP contribution in [0.5, 0.6) is 0 Å². The van der Waals surface area contributed by atoms with Gasteiger partial charge in [-0.05, 0) is 45.2 Å². The third-order valence-corrected chi connectivity index (χ3v) is 7.61. The van der Waals surface area contributed by atoms with E-state index in [-0.39, 0.29) is 5.91 Å². The minimum absolute atomic E-state index is 0.207. The molecule has 2 heterocycles. The fourth-order valence-electron chi connectivity index (χ4n) is 4.18. The topological polar surface area (TPSA) is 62.1 Å². The van der Waals surface area contributed by atoms with Gasteiger partial charge < -0.3 is 9.80 Å². The molecule has 0 aromatic heterocycles. The molecule has 0 unspecified atom stereocenters. The molecule has 0 radical (unpaired) electrons. The fourth-order valence-corrected chi connectivity index (χ4v) is 5.64. The number of carbonyl (C=O) groups excluding carboxylic acids is 1. The smallest absolute Gasteiger partial charge is 0.278 e. The average molecular weight is 381 g/mol. The van der Waals surface area contributed by atoms with E-state index in [2.05, 4.69) is 13.8 Å². The van der Waals surface area contributed by atoms with E-state index in [1.54, 1.807) is 28.6 Å². The molecule has 6 nitrogen and oxygen atoms in total. The molecule has 7 heteroatoms. The number of benzene rings is 1. The first-order chi connectivity index (χ1) is 12.4. The minimum Gasteiger partial charge on any atom is -0.332 e. The van der Waals surface area contributed by atoms with Crippen LogP contribution in [0.4, 0.5) is 0 Å². The number of nitrogens with one attached hydrogen (secondary N) is 1. The van der Waals surface area contributed by atoms with Crippen molar-refractivity contribution in [2.75, 3.05) is 32.7 Å². The number of sulfonamides is 1. The lowest BCUT2D eigenvalue weighted by Crippen LogP contribution is -3.15. The van der Waals surface area contributed by atoms with Crippen LogP contribution in [0.1, 0.15) is 33.1 Å². The second kappa shape index (κ2) is 8.06. The maximum atomic E-state index is 12.8. The lowest BCUT2D eigenvalue weighted by molar-refractivity contribution is -0.896. The molecular weight excluding hydrogens is 350 g/mol. The summed E-state index contributed by atoms with van der Waals surface area (Å²) >= 11 is 0. The van der Waals surface area contributed by atoms with Crippen molar-refractivity contribution in [1.82, 2.24) is 9.21 Å². The van der Waals surface area contributed by atoms with Crippen molar-refractivity contribution in [3.8, 4) is 0 Å². The third-order valence-electron chi connectivity index (χ3n) is 5.69. The molecule has 1 aromatic carbocycles. The van der Waals surface area contributed by atoms with Crippen molar-refractivity contribution in [1.29, 1.82) is 0 Å². The largest absolute Gasteiger partial charge is 0.332 e. The molecule has 2 aliphatic rings. The number of amides is 1. The summed E-state index contributed by atoms with van der Waals surface area (Å²) in [4.78, 5) is 16.3. The van der Waals surface area contributed by atoms with Gasteiger partial charge in [-0.25, -0.2) is 8.42 Å². The summed E-state index contributed by atoms with van der Waals surface area (Å²) in [6.07, 6.45) is 3.35. The molecule has 2 aliphatic heterocycles. The lowest BCUT2D eigenvalue weighted by atomic mass is 9.97. The lowest BCUT2D eigenvalue weighted by Gasteiger charge is -2.40. The minimum atomic E-state index is -3.43. The van der Waals surface area contributed by atoms with Crippen LogP contribution in [-0.2, 0) is 14.8 Å². The van der Waals surface area contributed by atoms with Crippen LogP contribution in [0.15, 0.2) is 35.2 Å². The zero-order chi connectivity index (χ0) is 18.7. The highest BCUT2D eigenvalue weighted by atomic mass is 32.2. The number of rotatable bonds is 4. The van der Waals surface area contributed by atoms with Crippen LogP contribution in [0.2, 0.25) is 0 Å². The van der Waals surface area contributed by atoms with Crippen LogP contribution in [0, 0.1) is 0 Å². The predicted molar refractivity (Wildman–Crippen MR) is 100 cm³/mol. The van der Waals surface area contributed by atoms with Crippen LogP contribution in [0.3, 0.4) is 0 Å². The fraction of sp³-hybridized carbons (Fsp3) is 0.632. The summed E-state index contributed by atoms with van der Waals surface area (Å²) in [5.41, 5.74) is 0. The second-order valence-corrected chi connectivity index (χ2v) is 9.51. The summed E-state index contributed by atoms with van der Waals surface area (Å²) in [5.74, 6) is 0.207. The van der Waals surface area contributed by atoms with Gasteiger partial charge in [0.2, 0.25) is 10.0 Å². The molecular formula is C19H30N3O3S+. The number of hydrogen-bond acceptors (Lipinski definition) is 3. The molecule has 2 atom stereocenters. The van der Waals surface area contributed by atoms with E-state index in [4.69, 9.17) is 0 Å². The summed E-state index contributed by atoms with van der Waals surface area (Å²) in [6, 6.07) is 9.20. The Hall–Kier alpha value is -1.44. The standard InChI is InChI=1S/C19H29N3O3S/c1-16-7-6-8-17(2)22(16)19(23)15-20-11-13-21(14-12-20)26(24,25)18-9-4-3-5-10-18/h3-5,9-10,16-17H,6-8,11-15H2,1-2H3/p+1/t16-,17+. The summed E-state index contributed by atoms with van der Waals surface area (Å²) in [6.45, 7) is 7.01. The Balaban J connectivity index is 1.56. The van der Waals surface area contributed by atoms with Gasteiger partial charge in [-0.2, -0.15) is 4.31 Å².